The number of aliphatic hydroxyl groups excluding tert-OH is 1. The monoisotopic (exact) mass is 180 g/mol. The van der Waals surface area contributed by atoms with Gasteiger partial charge < -0.3 is 5.11 Å². The molecule has 0 saturated heterocycles. The first-order valence-corrected chi connectivity index (χ1v) is 4.71. The molecule has 1 saturated carbocycles. The second-order valence-corrected chi connectivity index (χ2v) is 3.69. The Hall–Kier alpha value is -0.890. The number of benzene rings is 1. The Morgan fingerprint density at radius 1 is 1.23 bits per heavy atom. The maximum absolute atomic E-state index is 12.6. The lowest BCUT2D eigenvalue weighted by atomic mass is 9.79. The summed E-state index contributed by atoms with van der Waals surface area (Å²) < 4.78 is 12.6. The van der Waals surface area contributed by atoms with Crippen LogP contribution in [-0.2, 0) is 0 Å². The summed E-state index contributed by atoms with van der Waals surface area (Å²) in [6, 6.07) is 6.13. The van der Waals surface area contributed by atoms with E-state index in [1.54, 1.807) is 12.1 Å². The SMILES string of the molecule is O[C@@H](c1ccc(F)cc1)C1CCC1. The predicted molar refractivity (Wildman–Crippen MR) is 48.7 cm³/mol. The summed E-state index contributed by atoms with van der Waals surface area (Å²) in [5.74, 6) is 0.148. The quantitative estimate of drug-likeness (QED) is 0.741. The topological polar surface area (TPSA) is 20.2 Å². The molecule has 1 atom stereocenters. The lowest BCUT2D eigenvalue weighted by Crippen LogP contribution is -2.19. The molecule has 0 amide bonds. The van der Waals surface area contributed by atoms with E-state index in [4.69, 9.17) is 0 Å². The summed E-state index contributed by atoms with van der Waals surface area (Å²) in [6.45, 7) is 0. The molecule has 2 heteroatoms. The summed E-state index contributed by atoms with van der Waals surface area (Å²) >= 11 is 0. The molecule has 0 radical (unpaired) electrons. The van der Waals surface area contributed by atoms with Crippen molar-refractivity contribution in [1.82, 2.24) is 0 Å². The molecule has 1 N–H and O–H groups in total. The molecular weight excluding hydrogens is 167 g/mol. The Balaban J connectivity index is 2.10. The van der Waals surface area contributed by atoms with Crippen LogP contribution in [0.2, 0.25) is 0 Å². The van der Waals surface area contributed by atoms with E-state index in [0.29, 0.717) is 5.92 Å². The summed E-state index contributed by atoms with van der Waals surface area (Å²) in [7, 11) is 0. The molecule has 0 heterocycles. The van der Waals surface area contributed by atoms with Crippen molar-refractivity contribution in [3.05, 3.63) is 35.6 Å². The van der Waals surface area contributed by atoms with Gasteiger partial charge in [-0.05, 0) is 36.5 Å². The summed E-state index contributed by atoms with van der Waals surface area (Å²) in [6.07, 6.45) is 3.01. The van der Waals surface area contributed by atoms with Crippen LogP contribution >= 0.6 is 0 Å². The van der Waals surface area contributed by atoms with Crippen LogP contribution in [-0.4, -0.2) is 5.11 Å². The van der Waals surface area contributed by atoms with E-state index in [9.17, 15) is 9.50 Å². The van der Waals surface area contributed by atoms with Crippen LogP contribution in [0.4, 0.5) is 4.39 Å². The van der Waals surface area contributed by atoms with Gasteiger partial charge in [0.25, 0.3) is 0 Å². The van der Waals surface area contributed by atoms with E-state index in [2.05, 4.69) is 0 Å². The van der Waals surface area contributed by atoms with Crippen molar-refractivity contribution < 1.29 is 9.50 Å². The molecule has 1 aliphatic carbocycles. The highest BCUT2D eigenvalue weighted by Crippen LogP contribution is 2.37. The summed E-state index contributed by atoms with van der Waals surface area (Å²) in [4.78, 5) is 0. The Bertz CT molecular complexity index is 277. The minimum atomic E-state index is -0.394. The van der Waals surface area contributed by atoms with E-state index < -0.39 is 6.10 Å². The van der Waals surface area contributed by atoms with Crippen LogP contribution < -0.4 is 0 Å². The molecule has 70 valence electrons. The lowest BCUT2D eigenvalue weighted by Gasteiger charge is -2.30. The Labute approximate surface area is 77.2 Å². The maximum atomic E-state index is 12.6. The van der Waals surface area contributed by atoms with Gasteiger partial charge in [-0.1, -0.05) is 18.6 Å². The van der Waals surface area contributed by atoms with Gasteiger partial charge in [-0.2, -0.15) is 0 Å². The average Bonchev–Trinajstić information content (AvgIpc) is 2.02. The second-order valence-electron chi connectivity index (χ2n) is 3.69. The van der Waals surface area contributed by atoms with Crippen LogP contribution in [0, 0.1) is 11.7 Å². The third kappa shape index (κ3) is 1.73. The lowest BCUT2D eigenvalue weighted by molar-refractivity contribution is 0.0620. The van der Waals surface area contributed by atoms with Crippen LogP contribution in [0.3, 0.4) is 0 Å². The largest absolute Gasteiger partial charge is 0.388 e. The van der Waals surface area contributed by atoms with E-state index >= 15 is 0 Å². The zero-order valence-corrected chi connectivity index (χ0v) is 7.41. The van der Waals surface area contributed by atoms with Crippen molar-refractivity contribution in [2.24, 2.45) is 5.92 Å². The van der Waals surface area contributed by atoms with E-state index in [0.717, 1.165) is 18.4 Å². The molecule has 1 nitrogen and oxygen atoms in total. The molecule has 0 bridgehead atoms. The molecule has 0 unspecified atom stereocenters. The number of rotatable bonds is 2. The highest BCUT2D eigenvalue weighted by atomic mass is 19.1. The van der Waals surface area contributed by atoms with Gasteiger partial charge in [0.05, 0.1) is 6.10 Å². The van der Waals surface area contributed by atoms with E-state index in [1.807, 2.05) is 0 Å². The van der Waals surface area contributed by atoms with Crippen molar-refractivity contribution in [2.75, 3.05) is 0 Å². The van der Waals surface area contributed by atoms with E-state index in [1.165, 1.54) is 18.6 Å². The first-order chi connectivity index (χ1) is 6.27. The third-order valence-corrected chi connectivity index (χ3v) is 2.81. The van der Waals surface area contributed by atoms with Crippen LogP contribution in [0.15, 0.2) is 24.3 Å². The fraction of sp³-hybridized carbons (Fsp3) is 0.455. The van der Waals surface area contributed by atoms with Crippen LogP contribution in [0.1, 0.15) is 30.9 Å². The molecule has 1 fully saturated rings. The minimum Gasteiger partial charge on any atom is -0.388 e. The smallest absolute Gasteiger partial charge is 0.123 e. The van der Waals surface area contributed by atoms with Gasteiger partial charge in [0.2, 0.25) is 0 Å². The third-order valence-electron chi connectivity index (χ3n) is 2.81. The van der Waals surface area contributed by atoms with Crippen LogP contribution in [0.5, 0.6) is 0 Å². The minimum absolute atomic E-state index is 0.246. The van der Waals surface area contributed by atoms with E-state index in [-0.39, 0.29) is 5.82 Å². The second kappa shape index (κ2) is 3.46. The molecule has 2 rings (SSSR count). The molecule has 0 aromatic heterocycles. The number of hydrogen-bond donors (Lipinski definition) is 1. The van der Waals surface area contributed by atoms with Crippen molar-refractivity contribution in [3.8, 4) is 0 Å². The highest BCUT2D eigenvalue weighted by Gasteiger charge is 2.26. The predicted octanol–water partition coefficient (Wildman–Crippen LogP) is 2.66. The normalized spacial score (nSPS) is 19.5. The number of halogens is 1. The van der Waals surface area contributed by atoms with Crippen molar-refractivity contribution in [1.29, 1.82) is 0 Å². The average molecular weight is 180 g/mol. The van der Waals surface area contributed by atoms with Crippen molar-refractivity contribution in [2.45, 2.75) is 25.4 Å². The van der Waals surface area contributed by atoms with Crippen molar-refractivity contribution >= 4 is 0 Å². The number of aliphatic hydroxyl groups is 1. The molecule has 13 heavy (non-hydrogen) atoms. The van der Waals surface area contributed by atoms with Crippen molar-refractivity contribution in [3.63, 3.8) is 0 Å². The molecule has 0 aliphatic heterocycles. The molecule has 1 aromatic rings. The Morgan fingerprint density at radius 2 is 1.85 bits per heavy atom. The summed E-state index contributed by atoms with van der Waals surface area (Å²) in [5, 5.41) is 9.81. The molecule has 1 aromatic carbocycles. The first kappa shape index (κ1) is 8.70. The first-order valence-electron chi connectivity index (χ1n) is 4.71. The maximum Gasteiger partial charge on any atom is 0.123 e. The zero-order chi connectivity index (χ0) is 9.26. The van der Waals surface area contributed by atoms with Gasteiger partial charge in [0.1, 0.15) is 5.82 Å². The molecule has 1 aliphatic rings. The van der Waals surface area contributed by atoms with Crippen LogP contribution in [0.25, 0.3) is 0 Å². The van der Waals surface area contributed by atoms with Gasteiger partial charge in [-0.15, -0.1) is 0 Å². The zero-order valence-electron chi connectivity index (χ0n) is 7.41. The van der Waals surface area contributed by atoms with Gasteiger partial charge in [0.15, 0.2) is 0 Å². The fourth-order valence-corrected chi connectivity index (χ4v) is 1.69. The molecular formula is C11H13FO. The fourth-order valence-electron chi connectivity index (χ4n) is 1.69. The van der Waals surface area contributed by atoms with Gasteiger partial charge in [-0.3, -0.25) is 0 Å². The standard InChI is InChI=1S/C11H13FO/c12-10-6-4-9(5-7-10)11(13)8-2-1-3-8/h4-8,11,13H,1-3H2/t11-/m1/s1. The number of hydrogen-bond acceptors (Lipinski definition) is 1. The highest BCUT2D eigenvalue weighted by molar-refractivity contribution is 5.19. The Morgan fingerprint density at radius 3 is 2.31 bits per heavy atom. The van der Waals surface area contributed by atoms with Gasteiger partial charge in [0, 0.05) is 0 Å². The molecule has 0 spiro atoms. The van der Waals surface area contributed by atoms with Gasteiger partial charge >= 0.3 is 0 Å². The Kier molecular flexibility index (Phi) is 2.32. The summed E-state index contributed by atoms with van der Waals surface area (Å²) in [5.41, 5.74) is 0.839. The van der Waals surface area contributed by atoms with Gasteiger partial charge in [-0.25, -0.2) is 4.39 Å².